The number of hydrogen-bond donors (Lipinski definition) is 1. The van der Waals surface area contributed by atoms with Crippen molar-refractivity contribution >= 4 is 5.69 Å². The SMILES string of the molecule is COc1c(-c2cc(N)ccc2F)ccc(C)c1C. The van der Waals surface area contributed by atoms with Crippen LogP contribution in [-0.2, 0) is 0 Å². The molecule has 0 aliphatic rings. The third-order valence-electron chi connectivity index (χ3n) is 3.16. The Bertz CT molecular complexity index is 593. The van der Waals surface area contributed by atoms with Crippen LogP contribution in [0.15, 0.2) is 30.3 Å². The maximum Gasteiger partial charge on any atom is 0.131 e. The monoisotopic (exact) mass is 245 g/mol. The quantitative estimate of drug-likeness (QED) is 0.819. The lowest BCUT2D eigenvalue weighted by molar-refractivity contribution is 0.412. The van der Waals surface area contributed by atoms with Gasteiger partial charge in [0.2, 0.25) is 0 Å². The molecule has 2 N–H and O–H groups in total. The van der Waals surface area contributed by atoms with Crippen LogP contribution in [0.3, 0.4) is 0 Å². The number of nitrogens with two attached hydrogens (primary N) is 1. The average Bonchev–Trinajstić information content (AvgIpc) is 2.35. The van der Waals surface area contributed by atoms with Crippen LogP contribution in [0.25, 0.3) is 11.1 Å². The van der Waals surface area contributed by atoms with Gasteiger partial charge in [-0.15, -0.1) is 0 Å². The molecule has 0 radical (unpaired) electrons. The van der Waals surface area contributed by atoms with E-state index in [1.807, 2.05) is 26.0 Å². The van der Waals surface area contributed by atoms with Gasteiger partial charge >= 0.3 is 0 Å². The summed E-state index contributed by atoms with van der Waals surface area (Å²) < 4.78 is 19.3. The first-order valence-corrected chi connectivity index (χ1v) is 5.74. The largest absolute Gasteiger partial charge is 0.496 e. The van der Waals surface area contributed by atoms with E-state index in [9.17, 15) is 4.39 Å². The minimum absolute atomic E-state index is 0.300. The molecule has 3 heteroatoms. The Hall–Kier alpha value is -2.03. The predicted octanol–water partition coefficient (Wildman–Crippen LogP) is 3.70. The Morgan fingerprint density at radius 2 is 1.78 bits per heavy atom. The predicted molar refractivity (Wildman–Crippen MR) is 72.3 cm³/mol. The fraction of sp³-hybridized carbons (Fsp3) is 0.200. The zero-order valence-corrected chi connectivity index (χ0v) is 10.8. The molecule has 18 heavy (non-hydrogen) atoms. The lowest BCUT2D eigenvalue weighted by Crippen LogP contribution is -1.96. The molecule has 0 aromatic heterocycles. The van der Waals surface area contributed by atoms with Crippen molar-refractivity contribution in [3.63, 3.8) is 0 Å². The number of methoxy groups -OCH3 is 1. The molecule has 2 aromatic rings. The molecule has 0 aliphatic carbocycles. The zero-order valence-electron chi connectivity index (χ0n) is 10.8. The molecular weight excluding hydrogens is 229 g/mol. The van der Waals surface area contributed by atoms with Crippen LogP contribution >= 0.6 is 0 Å². The van der Waals surface area contributed by atoms with E-state index in [1.54, 1.807) is 19.2 Å². The first-order chi connectivity index (χ1) is 8.54. The van der Waals surface area contributed by atoms with E-state index < -0.39 is 0 Å². The number of anilines is 1. The molecule has 2 nitrogen and oxygen atoms in total. The van der Waals surface area contributed by atoms with Crippen molar-refractivity contribution in [2.24, 2.45) is 0 Å². The standard InChI is InChI=1S/C15H16FNO/c1-9-4-6-12(15(18-3)10(9)2)13-8-11(17)5-7-14(13)16/h4-8H,17H2,1-3H3. The number of benzene rings is 2. The highest BCUT2D eigenvalue weighted by Gasteiger charge is 2.14. The number of nitrogen functional groups attached to an aromatic ring is 1. The Morgan fingerprint density at radius 3 is 2.44 bits per heavy atom. The van der Waals surface area contributed by atoms with Crippen LogP contribution < -0.4 is 10.5 Å². The summed E-state index contributed by atoms with van der Waals surface area (Å²) in [5.41, 5.74) is 9.57. The first-order valence-electron chi connectivity index (χ1n) is 5.74. The summed E-state index contributed by atoms with van der Waals surface area (Å²) in [6.07, 6.45) is 0. The Morgan fingerprint density at radius 1 is 1.06 bits per heavy atom. The molecule has 0 saturated heterocycles. The number of hydrogen-bond acceptors (Lipinski definition) is 2. The molecular formula is C15H16FNO. The second-order valence-corrected chi connectivity index (χ2v) is 4.33. The summed E-state index contributed by atoms with van der Waals surface area (Å²) in [4.78, 5) is 0. The molecule has 0 aliphatic heterocycles. The van der Waals surface area contributed by atoms with Crippen molar-refractivity contribution in [1.29, 1.82) is 0 Å². The number of ether oxygens (including phenoxy) is 1. The maximum atomic E-state index is 13.9. The minimum atomic E-state index is -0.300. The highest BCUT2D eigenvalue weighted by atomic mass is 19.1. The van der Waals surface area contributed by atoms with E-state index in [-0.39, 0.29) is 5.82 Å². The van der Waals surface area contributed by atoms with E-state index in [1.165, 1.54) is 6.07 Å². The topological polar surface area (TPSA) is 35.2 Å². The van der Waals surface area contributed by atoms with Crippen molar-refractivity contribution in [3.8, 4) is 16.9 Å². The molecule has 0 spiro atoms. The third-order valence-corrected chi connectivity index (χ3v) is 3.16. The van der Waals surface area contributed by atoms with Gasteiger partial charge in [0.1, 0.15) is 11.6 Å². The lowest BCUT2D eigenvalue weighted by Gasteiger charge is -2.14. The van der Waals surface area contributed by atoms with Crippen LogP contribution in [0, 0.1) is 19.7 Å². The highest BCUT2D eigenvalue weighted by molar-refractivity contribution is 5.75. The molecule has 2 rings (SSSR count). The normalized spacial score (nSPS) is 10.4. The van der Waals surface area contributed by atoms with Gasteiger partial charge in [-0.05, 0) is 43.2 Å². The number of rotatable bonds is 2. The zero-order chi connectivity index (χ0) is 13.3. The van der Waals surface area contributed by atoms with Crippen LogP contribution in [0.1, 0.15) is 11.1 Å². The maximum absolute atomic E-state index is 13.9. The molecule has 0 heterocycles. The van der Waals surface area contributed by atoms with Gasteiger partial charge in [0.25, 0.3) is 0 Å². The van der Waals surface area contributed by atoms with Gasteiger partial charge in [-0.2, -0.15) is 0 Å². The molecule has 94 valence electrons. The van der Waals surface area contributed by atoms with E-state index in [4.69, 9.17) is 10.5 Å². The first kappa shape index (κ1) is 12.4. The van der Waals surface area contributed by atoms with Gasteiger partial charge in [-0.25, -0.2) is 4.39 Å². The van der Waals surface area contributed by atoms with Crippen LogP contribution in [0.2, 0.25) is 0 Å². The second-order valence-electron chi connectivity index (χ2n) is 4.33. The fourth-order valence-corrected chi connectivity index (χ4v) is 2.01. The van der Waals surface area contributed by atoms with E-state index in [0.717, 1.165) is 16.7 Å². The molecule has 0 amide bonds. The summed E-state index contributed by atoms with van der Waals surface area (Å²) in [6.45, 7) is 3.96. The fourth-order valence-electron chi connectivity index (χ4n) is 2.01. The highest BCUT2D eigenvalue weighted by Crippen LogP contribution is 2.36. The van der Waals surface area contributed by atoms with E-state index in [0.29, 0.717) is 17.0 Å². The van der Waals surface area contributed by atoms with Gasteiger partial charge in [0, 0.05) is 16.8 Å². The Balaban J connectivity index is 2.71. The van der Waals surface area contributed by atoms with Crippen molar-refractivity contribution in [1.82, 2.24) is 0 Å². The lowest BCUT2D eigenvalue weighted by atomic mass is 9.98. The molecule has 0 saturated carbocycles. The van der Waals surface area contributed by atoms with Gasteiger partial charge in [-0.1, -0.05) is 12.1 Å². The molecule has 0 atom stereocenters. The Labute approximate surface area is 106 Å². The van der Waals surface area contributed by atoms with Gasteiger partial charge < -0.3 is 10.5 Å². The van der Waals surface area contributed by atoms with Crippen LogP contribution in [-0.4, -0.2) is 7.11 Å². The average molecular weight is 245 g/mol. The minimum Gasteiger partial charge on any atom is -0.496 e. The molecule has 0 unspecified atom stereocenters. The smallest absolute Gasteiger partial charge is 0.131 e. The van der Waals surface area contributed by atoms with Crippen LogP contribution in [0.4, 0.5) is 10.1 Å². The van der Waals surface area contributed by atoms with E-state index in [2.05, 4.69) is 0 Å². The van der Waals surface area contributed by atoms with Crippen molar-refractivity contribution in [2.75, 3.05) is 12.8 Å². The second kappa shape index (κ2) is 4.69. The summed E-state index contributed by atoms with van der Waals surface area (Å²) in [7, 11) is 1.59. The summed E-state index contributed by atoms with van der Waals surface area (Å²) in [5, 5.41) is 0. The van der Waals surface area contributed by atoms with Crippen molar-refractivity contribution < 1.29 is 9.13 Å². The van der Waals surface area contributed by atoms with Crippen molar-refractivity contribution in [2.45, 2.75) is 13.8 Å². The van der Waals surface area contributed by atoms with Gasteiger partial charge in [0.05, 0.1) is 7.11 Å². The van der Waals surface area contributed by atoms with Crippen molar-refractivity contribution in [3.05, 3.63) is 47.3 Å². The number of halogens is 1. The third kappa shape index (κ3) is 2.04. The molecule has 0 fully saturated rings. The summed E-state index contributed by atoms with van der Waals surface area (Å²) in [6, 6.07) is 8.36. The number of aryl methyl sites for hydroxylation is 1. The van der Waals surface area contributed by atoms with Gasteiger partial charge in [0.15, 0.2) is 0 Å². The Kier molecular flexibility index (Phi) is 3.24. The van der Waals surface area contributed by atoms with Crippen LogP contribution in [0.5, 0.6) is 5.75 Å². The molecule has 0 bridgehead atoms. The summed E-state index contributed by atoms with van der Waals surface area (Å²) >= 11 is 0. The van der Waals surface area contributed by atoms with Gasteiger partial charge in [-0.3, -0.25) is 0 Å². The van der Waals surface area contributed by atoms with E-state index >= 15 is 0 Å². The molecule has 2 aromatic carbocycles. The summed E-state index contributed by atoms with van der Waals surface area (Å²) in [5.74, 6) is 0.394.